The van der Waals surface area contributed by atoms with Crippen LogP contribution in [-0.2, 0) is 9.59 Å². The first-order valence-electron chi connectivity index (χ1n) is 5.66. The fraction of sp³-hybridized carbons (Fsp3) is 0.667. The molecular weight excluding hydrogens is 190 g/mol. The predicted molar refractivity (Wildman–Crippen MR) is 57.0 cm³/mol. The second kappa shape index (κ2) is 3.80. The van der Waals surface area contributed by atoms with Crippen LogP contribution >= 0.6 is 0 Å². The van der Waals surface area contributed by atoms with Crippen LogP contribution in [0.25, 0.3) is 0 Å². The van der Waals surface area contributed by atoms with Crippen LogP contribution in [0.2, 0.25) is 0 Å². The number of imide groups is 1. The molecule has 82 valence electrons. The molecular formula is C12H17NO2. The van der Waals surface area contributed by atoms with Gasteiger partial charge in [0.15, 0.2) is 0 Å². The minimum absolute atomic E-state index is 0.115. The molecule has 15 heavy (non-hydrogen) atoms. The Balaban J connectivity index is 2.16. The standard InChI is InChI=1S/C12H17NO2/c1-8-4-3-5-10(9(8)2)13-11(14)6-7-12(13)15/h6-10H,3-5H2,1-2H3. The molecule has 0 aromatic rings. The number of carbonyl (C=O) groups excluding carboxylic acids is 2. The topological polar surface area (TPSA) is 37.4 Å². The van der Waals surface area contributed by atoms with Gasteiger partial charge in [0, 0.05) is 18.2 Å². The summed E-state index contributed by atoms with van der Waals surface area (Å²) >= 11 is 0. The highest BCUT2D eigenvalue weighted by Gasteiger charge is 2.37. The van der Waals surface area contributed by atoms with E-state index in [1.807, 2.05) is 0 Å². The SMILES string of the molecule is CC1CCCC(N2C(=O)C=CC2=O)C1C. The highest BCUT2D eigenvalue weighted by Crippen LogP contribution is 2.33. The molecule has 3 unspecified atom stereocenters. The van der Waals surface area contributed by atoms with Gasteiger partial charge in [-0.05, 0) is 18.3 Å². The lowest BCUT2D eigenvalue weighted by molar-refractivity contribution is -0.142. The molecule has 1 saturated carbocycles. The van der Waals surface area contributed by atoms with E-state index in [0.29, 0.717) is 11.8 Å². The maximum Gasteiger partial charge on any atom is 0.253 e. The van der Waals surface area contributed by atoms with E-state index in [4.69, 9.17) is 0 Å². The van der Waals surface area contributed by atoms with Crippen molar-refractivity contribution in [2.45, 2.75) is 39.2 Å². The second-order valence-electron chi connectivity index (χ2n) is 4.71. The first kappa shape index (κ1) is 10.4. The maximum atomic E-state index is 11.6. The number of carbonyl (C=O) groups is 2. The van der Waals surface area contributed by atoms with Crippen molar-refractivity contribution in [3.63, 3.8) is 0 Å². The molecule has 3 atom stereocenters. The average Bonchev–Trinajstić information content (AvgIpc) is 2.52. The molecule has 0 aromatic heterocycles. The first-order valence-corrected chi connectivity index (χ1v) is 5.66. The third-order valence-corrected chi connectivity index (χ3v) is 3.84. The van der Waals surface area contributed by atoms with E-state index in [1.165, 1.54) is 23.5 Å². The monoisotopic (exact) mass is 207 g/mol. The van der Waals surface area contributed by atoms with E-state index in [2.05, 4.69) is 13.8 Å². The Hall–Kier alpha value is -1.12. The van der Waals surface area contributed by atoms with Crippen LogP contribution in [0, 0.1) is 11.8 Å². The molecule has 3 heteroatoms. The summed E-state index contributed by atoms with van der Waals surface area (Å²) in [5.74, 6) is 0.758. The van der Waals surface area contributed by atoms with Gasteiger partial charge in [-0.15, -0.1) is 0 Å². The summed E-state index contributed by atoms with van der Waals surface area (Å²) in [4.78, 5) is 24.6. The maximum absolute atomic E-state index is 11.6. The molecule has 0 radical (unpaired) electrons. The Bertz CT molecular complexity index is 304. The van der Waals surface area contributed by atoms with E-state index < -0.39 is 0 Å². The van der Waals surface area contributed by atoms with Crippen molar-refractivity contribution in [3.05, 3.63) is 12.2 Å². The predicted octanol–water partition coefficient (Wildman–Crippen LogP) is 1.74. The van der Waals surface area contributed by atoms with Gasteiger partial charge in [-0.2, -0.15) is 0 Å². The van der Waals surface area contributed by atoms with E-state index in [-0.39, 0.29) is 17.9 Å². The van der Waals surface area contributed by atoms with Crippen molar-refractivity contribution in [3.8, 4) is 0 Å². The van der Waals surface area contributed by atoms with Crippen molar-refractivity contribution in [2.75, 3.05) is 0 Å². The normalized spacial score (nSPS) is 36.4. The molecule has 1 aliphatic heterocycles. The van der Waals surface area contributed by atoms with E-state index in [0.717, 1.165) is 12.8 Å². The van der Waals surface area contributed by atoms with Crippen molar-refractivity contribution < 1.29 is 9.59 Å². The Labute approximate surface area is 90.1 Å². The molecule has 0 bridgehead atoms. The third-order valence-electron chi connectivity index (χ3n) is 3.84. The number of amides is 2. The molecule has 0 saturated heterocycles. The lowest BCUT2D eigenvalue weighted by atomic mass is 9.77. The zero-order valence-corrected chi connectivity index (χ0v) is 9.27. The first-order chi connectivity index (χ1) is 7.11. The highest BCUT2D eigenvalue weighted by atomic mass is 16.2. The van der Waals surface area contributed by atoms with Crippen LogP contribution in [0.15, 0.2) is 12.2 Å². The van der Waals surface area contributed by atoms with Crippen molar-refractivity contribution >= 4 is 11.8 Å². The Morgan fingerprint density at radius 2 is 1.73 bits per heavy atom. The quantitative estimate of drug-likeness (QED) is 0.614. The lowest BCUT2D eigenvalue weighted by Gasteiger charge is -2.38. The summed E-state index contributed by atoms with van der Waals surface area (Å²) in [6, 6.07) is 0.115. The highest BCUT2D eigenvalue weighted by molar-refractivity contribution is 6.13. The average molecular weight is 207 g/mol. The van der Waals surface area contributed by atoms with Crippen LogP contribution < -0.4 is 0 Å². The van der Waals surface area contributed by atoms with Crippen molar-refractivity contribution in [1.82, 2.24) is 4.90 Å². The van der Waals surface area contributed by atoms with Gasteiger partial charge in [0.1, 0.15) is 0 Å². The van der Waals surface area contributed by atoms with Crippen LogP contribution in [-0.4, -0.2) is 22.8 Å². The van der Waals surface area contributed by atoms with Gasteiger partial charge in [0.2, 0.25) is 0 Å². The molecule has 1 aliphatic carbocycles. The second-order valence-corrected chi connectivity index (χ2v) is 4.71. The van der Waals surface area contributed by atoms with Gasteiger partial charge in [-0.25, -0.2) is 0 Å². The van der Waals surface area contributed by atoms with Crippen LogP contribution in [0.4, 0.5) is 0 Å². The summed E-state index contributed by atoms with van der Waals surface area (Å²) in [5, 5.41) is 0. The number of rotatable bonds is 1. The van der Waals surface area contributed by atoms with Crippen molar-refractivity contribution in [2.24, 2.45) is 11.8 Å². The van der Waals surface area contributed by atoms with Gasteiger partial charge in [-0.1, -0.05) is 26.7 Å². The summed E-state index contributed by atoms with van der Waals surface area (Å²) in [7, 11) is 0. The molecule has 1 heterocycles. The molecule has 0 aromatic carbocycles. The van der Waals surface area contributed by atoms with E-state index >= 15 is 0 Å². The zero-order valence-electron chi connectivity index (χ0n) is 9.27. The lowest BCUT2D eigenvalue weighted by Crippen LogP contribution is -2.47. The zero-order chi connectivity index (χ0) is 11.0. The number of hydrogen-bond acceptors (Lipinski definition) is 2. The molecule has 1 fully saturated rings. The van der Waals surface area contributed by atoms with Crippen LogP contribution in [0.5, 0.6) is 0 Å². The summed E-state index contributed by atoms with van der Waals surface area (Å²) in [5.41, 5.74) is 0. The molecule has 3 nitrogen and oxygen atoms in total. The Morgan fingerprint density at radius 3 is 2.33 bits per heavy atom. The summed E-state index contributed by atoms with van der Waals surface area (Å²) < 4.78 is 0. The van der Waals surface area contributed by atoms with Crippen molar-refractivity contribution in [1.29, 1.82) is 0 Å². The van der Waals surface area contributed by atoms with E-state index in [9.17, 15) is 9.59 Å². The molecule has 2 aliphatic rings. The Morgan fingerprint density at radius 1 is 1.13 bits per heavy atom. The summed E-state index contributed by atoms with van der Waals surface area (Å²) in [6.45, 7) is 4.35. The molecule has 2 rings (SSSR count). The third kappa shape index (κ3) is 1.71. The van der Waals surface area contributed by atoms with Gasteiger partial charge >= 0.3 is 0 Å². The number of nitrogens with zero attached hydrogens (tertiary/aromatic N) is 1. The van der Waals surface area contributed by atoms with Gasteiger partial charge in [0.25, 0.3) is 11.8 Å². The molecule has 0 N–H and O–H groups in total. The largest absolute Gasteiger partial charge is 0.272 e. The minimum atomic E-state index is -0.133. The minimum Gasteiger partial charge on any atom is -0.272 e. The summed E-state index contributed by atoms with van der Waals surface area (Å²) in [6.07, 6.45) is 6.06. The van der Waals surface area contributed by atoms with Gasteiger partial charge in [-0.3, -0.25) is 14.5 Å². The van der Waals surface area contributed by atoms with Crippen LogP contribution in [0.1, 0.15) is 33.1 Å². The fourth-order valence-electron chi connectivity index (χ4n) is 2.66. The van der Waals surface area contributed by atoms with Crippen LogP contribution in [0.3, 0.4) is 0 Å². The smallest absolute Gasteiger partial charge is 0.253 e. The molecule has 2 amide bonds. The number of hydrogen-bond donors (Lipinski definition) is 0. The fourth-order valence-corrected chi connectivity index (χ4v) is 2.66. The Kier molecular flexibility index (Phi) is 2.63. The van der Waals surface area contributed by atoms with Gasteiger partial charge in [0.05, 0.1) is 0 Å². The van der Waals surface area contributed by atoms with Gasteiger partial charge < -0.3 is 0 Å². The van der Waals surface area contributed by atoms with E-state index in [1.54, 1.807) is 0 Å². The molecule has 0 spiro atoms.